The molecule has 1 aromatic carbocycles. The number of nitrogens with one attached hydrogen (secondary N) is 1. The Labute approximate surface area is 173 Å². The fourth-order valence-electron chi connectivity index (χ4n) is 2.37. The van der Waals surface area contributed by atoms with Gasteiger partial charge in [0.25, 0.3) is 0 Å². The van der Waals surface area contributed by atoms with Crippen molar-refractivity contribution in [3.63, 3.8) is 0 Å². The topological polar surface area (TPSA) is 82.2 Å². The highest BCUT2D eigenvalue weighted by atomic mass is 35.5. The van der Waals surface area contributed by atoms with E-state index in [1.54, 1.807) is 22.8 Å². The van der Waals surface area contributed by atoms with Crippen LogP contribution in [0.25, 0.3) is 11.6 Å². The molecule has 0 fully saturated rings. The lowest BCUT2D eigenvalue weighted by molar-refractivity contribution is -0.113. The third-order valence-electron chi connectivity index (χ3n) is 3.53. The second-order valence-corrected chi connectivity index (χ2v) is 6.89. The van der Waals surface area contributed by atoms with Crippen molar-refractivity contribution < 1.29 is 22.7 Å². The molecule has 0 atom stereocenters. The number of hydrogen-bond acceptors (Lipinski definition) is 6. The van der Waals surface area contributed by atoms with Gasteiger partial charge in [-0.05, 0) is 30.3 Å². The zero-order chi connectivity index (χ0) is 20.8. The molecule has 0 saturated heterocycles. The number of amides is 1. The van der Waals surface area contributed by atoms with E-state index >= 15 is 0 Å². The van der Waals surface area contributed by atoms with Crippen LogP contribution in [0.5, 0.6) is 5.75 Å². The molecule has 2 heterocycles. The van der Waals surface area contributed by atoms with Crippen LogP contribution in [-0.2, 0) is 11.3 Å². The third kappa shape index (κ3) is 5.36. The normalized spacial score (nSPS) is 10.9. The molecule has 0 aliphatic rings. The molecule has 3 aromatic rings. The number of alkyl halides is 2. The molecule has 3 rings (SSSR count). The lowest BCUT2D eigenvalue weighted by Gasteiger charge is -2.10. The highest BCUT2D eigenvalue weighted by Crippen LogP contribution is 2.29. The van der Waals surface area contributed by atoms with Crippen LogP contribution in [-0.4, -0.2) is 33.0 Å². The van der Waals surface area contributed by atoms with E-state index in [1.165, 1.54) is 36.2 Å². The number of thioether (sulfide) groups is 1. The number of halogens is 3. The maximum Gasteiger partial charge on any atom is 0.387 e. The zero-order valence-electron chi connectivity index (χ0n) is 14.8. The number of hydrogen-bond donors (Lipinski definition) is 1. The average Bonchev–Trinajstić information content (AvgIpc) is 3.32. The van der Waals surface area contributed by atoms with Crippen molar-refractivity contribution >= 4 is 35.0 Å². The molecule has 29 heavy (non-hydrogen) atoms. The number of furan rings is 1. The first-order chi connectivity index (χ1) is 14.0. The molecule has 0 spiro atoms. The predicted molar refractivity (Wildman–Crippen MR) is 105 cm³/mol. The number of aromatic nitrogens is 3. The minimum absolute atomic E-state index is 0.0374. The van der Waals surface area contributed by atoms with E-state index in [2.05, 4.69) is 26.8 Å². The highest BCUT2D eigenvalue weighted by molar-refractivity contribution is 7.99. The van der Waals surface area contributed by atoms with Crippen LogP contribution >= 0.6 is 23.4 Å². The monoisotopic (exact) mass is 440 g/mol. The first kappa shape index (κ1) is 20.9. The van der Waals surface area contributed by atoms with Crippen LogP contribution in [0.4, 0.5) is 14.5 Å². The molecule has 0 unspecified atom stereocenters. The largest absolute Gasteiger partial charge is 0.461 e. The Kier molecular flexibility index (Phi) is 6.89. The summed E-state index contributed by atoms with van der Waals surface area (Å²) in [5.74, 6) is 0.620. The van der Waals surface area contributed by atoms with Gasteiger partial charge in [-0.3, -0.25) is 9.36 Å². The van der Waals surface area contributed by atoms with Gasteiger partial charge in [0.1, 0.15) is 5.75 Å². The number of ether oxygens (including phenoxy) is 1. The molecule has 0 saturated carbocycles. The van der Waals surface area contributed by atoms with E-state index < -0.39 is 6.61 Å². The zero-order valence-corrected chi connectivity index (χ0v) is 16.4. The smallest absolute Gasteiger partial charge is 0.387 e. The Morgan fingerprint density at radius 1 is 1.41 bits per heavy atom. The lowest BCUT2D eigenvalue weighted by Crippen LogP contribution is -2.14. The number of benzene rings is 1. The molecular formula is C18H15ClF2N4O3S. The summed E-state index contributed by atoms with van der Waals surface area (Å²) in [7, 11) is 0. The van der Waals surface area contributed by atoms with E-state index in [1.807, 2.05) is 0 Å². The van der Waals surface area contributed by atoms with E-state index in [0.717, 1.165) is 0 Å². The van der Waals surface area contributed by atoms with Crippen molar-refractivity contribution in [2.75, 3.05) is 11.1 Å². The second kappa shape index (κ2) is 9.57. The Balaban J connectivity index is 1.64. The minimum Gasteiger partial charge on any atom is -0.461 e. The summed E-state index contributed by atoms with van der Waals surface area (Å²) in [5, 5.41) is 11.3. The van der Waals surface area contributed by atoms with Crippen LogP contribution in [0.3, 0.4) is 0 Å². The average molecular weight is 441 g/mol. The van der Waals surface area contributed by atoms with Gasteiger partial charge in [0.2, 0.25) is 11.7 Å². The molecule has 1 N–H and O–H groups in total. The van der Waals surface area contributed by atoms with Gasteiger partial charge in [-0.25, -0.2) is 0 Å². The number of rotatable bonds is 9. The minimum atomic E-state index is -2.98. The van der Waals surface area contributed by atoms with E-state index in [9.17, 15) is 13.6 Å². The van der Waals surface area contributed by atoms with E-state index in [-0.39, 0.29) is 22.4 Å². The van der Waals surface area contributed by atoms with Gasteiger partial charge in [-0.15, -0.1) is 16.8 Å². The van der Waals surface area contributed by atoms with Gasteiger partial charge < -0.3 is 14.5 Å². The highest BCUT2D eigenvalue weighted by Gasteiger charge is 2.17. The van der Waals surface area contributed by atoms with Crippen molar-refractivity contribution in [1.29, 1.82) is 0 Å². The summed E-state index contributed by atoms with van der Waals surface area (Å²) >= 11 is 7.06. The maximum absolute atomic E-state index is 12.3. The Morgan fingerprint density at radius 2 is 2.24 bits per heavy atom. The SMILES string of the molecule is C=CCn1c(SCC(=O)Nc2ccc(OC(F)F)c(Cl)c2)nnc1-c1ccco1. The van der Waals surface area contributed by atoms with Crippen LogP contribution in [0, 0.1) is 0 Å². The number of allylic oxidation sites excluding steroid dienone is 1. The van der Waals surface area contributed by atoms with Gasteiger partial charge in [0, 0.05) is 12.2 Å². The Hall–Kier alpha value is -2.85. The molecule has 0 bridgehead atoms. The third-order valence-corrected chi connectivity index (χ3v) is 4.80. The van der Waals surface area contributed by atoms with Crippen molar-refractivity contribution in [3.05, 3.63) is 54.3 Å². The standard InChI is InChI=1S/C18H15ClF2N4O3S/c1-2-7-25-16(14-4-3-8-27-14)23-24-18(25)29-10-15(26)22-11-5-6-13(12(19)9-11)28-17(20)21/h2-6,8-9,17H,1,7,10H2,(H,22,26). The first-order valence-electron chi connectivity index (χ1n) is 8.23. The second-order valence-electron chi connectivity index (χ2n) is 5.54. The van der Waals surface area contributed by atoms with Crippen molar-refractivity contribution in [3.8, 4) is 17.3 Å². The summed E-state index contributed by atoms with van der Waals surface area (Å²) in [5.41, 5.74) is 0.353. The fraction of sp³-hybridized carbons (Fsp3) is 0.167. The molecule has 0 aliphatic carbocycles. The summed E-state index contributed by atoms with van der Waals surface area (Å²) in [6, 6.07) is 7.51. The van der Waals surface area contributed by atoms with E-state index in [0.29, 0.717) is 29.0 Å². The molecule has 152 valence electrons. The number of nitrogens with zero attached hydrogens (tertiary/aromatic N) is 3. The molecule has 0 aliphatic heterocycles. The molecule has 11 heteroatoms. The van der Waals surface area contributed by atoms with Gasteiger partial charge in [-0.2, -0.15) is 8.78 Å². The lowest BCUT2D eigenvalue weighted by atomic mass is 10.3. The maximum atomic E-state index is 12.3. The number of carbonyl (C=O) groups is 1. The summed E-state index contributed by atoms with van der Waals surface area (Å²) in [6.07, 6.45) is 3.22. The van der Waals surface area contributed by atoms with Gasteiger partial charge in [0.15, 0.2) is 10.9 Å². The van der Waals surface area contributed by atoms with Crippen LogP contribution in [0.15, 0.2) is 58.8 Å². The molecule has 0 radical (unpaired) electrons. The predicted octanol–water partition coefficient (Wildman–Crippen LogP) is 4.71. The molecular weight excluding hydrogens is 426 g/mol. The molecule has 1 amide bonds. The summed E-state index contributed by atoms with van der Waals surface area (Å²) < 4.78 is 35.9. The molecule has 7 nitrogen and oxygen atoms in total. The summed E-state index contributed by atoms with van der Waals surface area (Å²) in [4.78, 5) is 12.2. The Morgan fingerprint density at radius 3 is 2.90 bits per heavy atom. The van der Waals surface area contributed by atoms with Crippen LogP contribution < -0.4 is 10.1 Å². The van der Waals surface area contributed by atoms with Crippen molar-refractivity contribution in [1.82, 2.24) is 14.8 Å². The van der Waals surface area contributed by atoms with Crippen LogP contribution in [0.1, 0.15) is 0 Å². The molecule has 2 aromatic heterocycles. The van der Waals surface area contributed by atoms with Gasteiger partial charge >= 0.3 is 6.61 Å². The number of carbonyl (C=O) groups excluding carboxylic acids is 1. The van der Waals surface area contributed by atoms with Crippen molar-refractivity contribution in [2.24, 2.45) is 0 Å². The Bertz CT molecular complexity index is 995. The summed E-state index contributed by atoms with van der Waals surface area (Å²) in [6.45, 7) is 1.17. The quantitative estimate of drug-likeness (QED) is 0.383. The first-order valence-corrected chi connectivity index (χ1v) is 9.59. The number of anilines is 1. The van der Waals surface area contributed by atoms with Crippen LogP contribution in [0.2, 0.25) is 5.02 Å². The van der Waals surface area contributed by atoms with E-state index in [4.69, 9.17) is 16.0 Å². The van der Waals surface area contributed by atoms with Gasteiger partial charge in [-0.1, -0.05) is 29.4 Å². The fourth-order valence-corrected chi connectivity index (χ4v) is 3.35. The van der Waals surface area contributed by atoms with Gasteiger partial charge in [0.05, 0.1) is 17.0 Å². The van der Waals surface area contributed by atoms with Crippen molar-refractivity contribution in [2.45, 2.75) is 18.3 Å².